The van der Waals surface area contributed by atoms with Gasteiger partial charge < -0.3 is 15.0 Å². The molecule has 2 aromatic heterocycles. The van der Waals surface area contributed by atoms with Crippen LogP contribution in [0.25, 0.3) is 0 Å². The van der Waals surface area contributed by atoms with Gasteiger partial charge in [0, 0.05) is 36.4 Å². The molecule has 3 heterocycles. The number of morpholine rings is 1. The first kappa shape index (κ1) is 16.9. The molecule has 1 aliphatic rings. The fraction of sp³-hybridized carbons (Fsp3) is 0.562. The van der Waals surface area contributed by atoms with E-state index in [-0.39, 0.29) is 18.2 Å². The van der Waals surface area contributed by atoms with Gasteiger partial charge in [0.1, 0.15) is 11.1 Å². The van der Waals surface area contributed by atoms with Crippen LogP contribution < -0.4 is 5.32 Å². The van der Waals surface area contributed by atoms with E-state index in [1.807, 2.05) is 39.4 Å². The van der Waals surface area contributed by atoms with Gasteiger partial charge in [-0.3, -0.25) is 4.68 Å². The molecule has 130 valence electrons. The smallest absolute Gasteiger partial charge is 0.318 e. The number of aryl methyl sites for hydroxylation is 3. The molecule has 0 unspecified atom stereocenters. The van der Waals surface area contributed by atoms with E-state index in [9.17, 15) is 4.79 Å². The number of rotatable bonds is 3. The molecule has 1 N–H and O–H groups in total. The molecule has 0 aliphatic carbocycles. The van der Waals surface area contributed by atoms with Crippen LogP contribution in [0.15, 0.2) is 11.6 Å². The van der Waals surface area contributed by atoms with Crippen LogP contribution in [0.5, 0.6) is 0 Å². The number of thiazole rings is 1. The Hall–Kier alpha value is -1.93. The fourth-order valence-electron chi connectivity index (χ4n) is 2.90. The normalized spacial score (nSPS) is 19.3. The molecule has 0 saturated carbocycles. The lowest BCUT2D eigenvalue weighted by molar-refractivity contribution is -0.0158. The van der Waals surface area contributed by atoms with Crippen molar-refractivity contribution in [2.24, 2.45) is 7.05 Å². The van der Waals surface area contributed by atoms with E-state index in [1.165, 1.54) is 0 Å². The third-order valence-corrected chi connectivity index (χ3v) is 5.18. The Morgan fingerprint density at radius 1 is 1.50 bits per heavy atom. The van der Waals surface area contributed by atoms with Crippen LogP contribution in [0.1, 0.15) is 41.0 Å². The van der Waals surface area contributed by atoms with E-state index in [0.29, 0.717) is 19.7 Å². The standard InChI is InChI=1S/C16H23N5O2S/c1-10-9-24-15(17-10)14-8-21(5-6-23-14)16(22)18-11(2)13-7-20(4)19-12(13)3/h7,9,11,14H,5-6,8H2,1-4H3,(H,18,22)/t11-,14-/m0/s1. The number of nitrogens with zero attached hydrogens (tertiary/aromatic N) is 4. The predicted molar refractivity (Wildman–Crippen MR) is 92.0 cm³/mol. The van der Waals surface area contributed by atoms with E-state index < -0.39 is 0 Å². The van der Waals surface area contributed by atoms with Crippen molar-refractivity contribution < 1.29 is 9.53 Å². The SMILES string of the molecule is Cc1csc([C@@H]2CN(C(=O)N[C@@H](C)c3cn(C)nc3C)CCO2)n1. The maximum Gasteiger partial charge on any atom is 0.318 e. The van der Waals surface area contributed by atoms with E-state index in [2.05, 4.69) is 15.4 Å². The highest BCUT2D eigenvalue weighted by Crippen LogP contribution is 2.25. The summed E-state index contributed by atoms with van der Waals surface area (Å²) in [4.78, 5) is 18.9. The quantitative estimate of drug-likeness (QED) is 0.923. The van der Waals surface area contributed by atoms with Gasteiger partial charge in [-0.25, -0.2) is 9.78 Å². The third kappa shape index (κ3) is 3.59. The minimum atomic E-state index is -0.140. The number of hydrogen-bond acceptors (Lipinski definition) is 5. The zero-order valence-electron chi connectivity index (χ0n) is 14.4. The van der Waals surface area contributed by atoms with Gasteiger partial charge >= 0.3 is 6.03 Å². The molecule has 1 fully saturated rings. The second-order valence-electron chi connectivity index (χ2n) is 6.15. The highest BCUT2D eigenvalue weighted by Gasteiger charge is 2.28. The molecule has 2 aromatic rings. The molecule has 0 radical (unpaired) electrons. The van der Waals surface area contributed by atoms with Gasteiger partial charge in [-0.1, -0.05) is 0 Å². The van der Waals surface area contributed by atoms with Gasteiger partial charge in [0.15, 0.2) is 0 Å². The van der Waals surface area contributed by atoms with Crippen LogP contribution in [-0.2, 0) is 11.8 Å². The van der Waals surface area contributed by atoms with Crippen LogP contribution in [0.4, 0.5) is 4.79 Å². The Bertz CT molecular complexity index is 726. The molecule has 24 heavy (non-hydrogen) atoms. The molecule has 0 bridgehead atoms. The van der Waals surface area contributed by atoms with Gasteiger partial charge in [-0.05, 0) is 20.8 Å². The first-order chi connectivity index (χ1) is 11.4. The van der Waals surface area contributed by atoms with Crippen LogP contribution in [0.2, 0.25) is 0 Å². The lowest BCUT2D eigenvalue weighted by Crippen LogP contribution is -2.47. The molecule has 3 rings (SSSR count). The Morgan fingerprint density at radius 2 is 2.29 bits per heavy atom. The number of nitrogens with one attached hydrogen (secondary N) is 1. The minimum Gasteiger partial charge on any atom is -0.367 e. The van der Waals surface area contributed by atoms with Crippen molar-refractivity contribution in [3.05, 3.63) is 33.5 Å². The molecule has 1 saturated heterocycles. The number of aromatic nitrogens is 3. The van der Waals surface area contributed by atoms with Crippen molar-refractivity contribution >= 4 is 17.4 Å². The summed E-state index contributed by atoms with van der Waals surface area (Å²) < 4.78 is 7.55. The van der Waals surface area contributed by atoms with Gasteiger partial charge in [0.2, 0.25) is 0 Å². The number of carbonyl (C=O) groups excluding carboxylic acids is 1. The molecule has 2 amide bonds. The highest BCUT2D eigenvalue weighted by molar-refractivity contribution is 7.09. The van der Waals surface area contributed by atoms with Crippen LogP contribution in [0.3, 0.4) is 0 Å². The summed E-state index contributed by atoms with van der Waals surface area (Å²) in [7, 11) is 1.88. The summed E-state index contributed by atoms with van der Waals surface area (Å²) in [6.45, 7) is 7.53. The molecule has 7 nitrogen and oxygen atoms in total. The Balaban J connectivity index is 1.63. The van der Waals surface area contributed by atoms with Gasteiger partial charge in [0.25, 0.3) is 0 Å². The summed E-state index contributed by atoms with van der Waals surface area (Å²) in [5, 5.41) is 10.3. The van der Waals surface area contributed by atoms with Crippen molar-refractivity contribution in [2.45, 2.75) is 32.9 Å². The van der Waals surface area contributed by atoms with Gasteiger partial charge in [-0.2, -0.15) is 5.10 Å². The number of ether oxygens (including phenoxy) is 1. The first-order valence-electron chi connectivity index (χ1n) is 8.03. The number of carbonyl (C=O) groups is 1. The molecular weight excluding hydrogens is 326 g/mol. The Kier molecular flexibility index (Phi) is 4.86. The molecule has 0 aromatic carbocycles. The van der Waals surface area contributed by atoms with Crippen molar-refractivity contribution in [2.75, 3.05) is 19.7 Å². The predicted octanol–water partition coefficient (Wildman–Crippen LogP) is 2.34. The van der Waals surface area contributed by atoms with E-state index in [4.69, 9.17) is 4.74 Å². The maximum atomic E-state index is 12.6. The van der Waals surface area contributed by atoms with Crippen molar-refractivity contribution in [3.63, 3.8) is 0 Å². The summed E-state index contributed by atoms with van der Waals surface area (Å²) in [5.41, 5.74) is 2.95. The molecular formula is C16H23N5O2S. The zero-order chi connectivity index (χ0) is 17.3. The molecule has 2 atom stereocenters. The Labute approximate surface area is 145 Å². The second-order valence-corrected chi connectivity index (χ2v) is 7.04. The summed E-state index contributed by atoms with van der Waals surface area (Å²) >= 11 is 1.58. The minimum absolute atomic E-state index is 0.0765. The highest BCUT2D eigenvalue weighted by atomic mass is 32.1. The van der Waals surface area contributed by atoms with Crippen molar-refractivity contribution in [1.29, 1.82) is 0 Å². The average Bonchev–Trinajstić information content (AvgIpc) is 3.12. The molecule has 1 aliphatic heterocycles. The van der Waals surface area contributed by atoms with Crippen LogP contribution in [-0.4, -0.2) is 45.4 Å². The number of urea groups is 1. The molecule has 8 heteroatoms. The Morgan fingerprint density at radius 3 is 2.92 bits per heavy atom. The van der Waals surface area contributed by atoms with E-state index in [0.717, 1.165) is 22.0 Å². The fourth-order valence-corrected chi connectivity index (χ4v) is 3.74. The van der Waals surface area contributed by atoms with Gasteiger partial charge in [0.05, 0.1) is 24.9 Å². The van der Waals surface area contributed by atoms with Crippen LogP contribution >= 0.6 is 11.3 Å². The van der Waals surface area contributed by atoms with E-state index in [1.54, 1.807) is 20.9 Å². The summed E-state index contributed by atoms with van der Waals surface area (Å²) in [6.07, 6.45) is 1.81. The van der Waals surface area contributed by atoms with Crippen molar-refractivity contribution in [3.8, 4) is 0 Å². The number of amides is 2. The van der Waals surface area contributed by atoms with Crippen LogP contribution in [0, 0.1) is 13.8 Å². The second kappa shape index (κ2) is 6.90. The number of hydrogen-bond donors (Lipinski definition) is 1. The lowest BCUT2D eigenvalue weighted by atomic mass is 10.1. The first-order valence-corrected chi connectivity index (χ1v) is 8.91. The van der Waals surface area contributed by atoms with Gasteiger partial charge in [-0.15, -0.1) is 11.3 Å². The third-order valence-electron chi connectivity index (χ3n) is 4.12. The maximum absolute atomic E-state index is 12.6. The molecule has 0 spiro atoms. The van der Waals surface area contributed by atoms with E-state index >= 15 is 0 Å². The average molecular weight is 349 g/mol. The van der Waals surface area contributed by atoms with Crippen molar-refractivity contribution in [1.82, 2.24) is 25.0 Å². The monoisotopic (exact) mass is 349 g/mol. The zero-order valence-corrected chi connectivity index (χ0v) is 15.3. The summed E-state index contributed by atoms with van der Waals surface area (Å²) in [5.74, 6) is 0. The lowest BCUT2D eigenvalue weighted by Gasteiger charge is -2.32. The topological polar surface area (TPSA) is 72.3 Å². The summed E-state index contributed by atoms with van der Waals surface area (Å²) in [6, 6.07) is -0.165. The largest absolute Gasteiger partial charge is 0.367 e.